The molecule has 0 fully saturated rings. The van der Waals surface area contributed by atoms with Crippen LogP contribution >= 0.6 is 0 Å². The van der Waals surface area contributed by atoms with Gasteiger partial charge >= 0.3 is 0 Å². The molecule has 0 unspecified atom stereocenters. The molecule has 82 valence electrons. The van der Waals surface area contributed by atoms with Gasteiger partial charge in [-0.25, -0.2) is 4.98 Å². The Morgan fingerprint density at radius 3 is 2.53 bits per heavy atom. The van der Waals surface area contributed by atoms with Crippen molar-refractivity contribution in [2.24, 2.45) is 0 Å². The zero-order valence-corrected chi connectivity index (χ0v) is 10.1. The maximum Gasteiger partial charge on any atom is 0.106 e. The van der Waals surface area contributed by atoms with E-state index in [0.717, 1.165) is 24.3 Å². The van der Waals surface area contributed by atoms with E-state index in [2.05, 4.69) is 41.6 Å². The summed E-state index contributed by atoms with van der Waals surface area (Å²) < 4.78 is 2.27. The third kappa shape index (κ3) is 2.38. The number of benzene rings is 1. The second-order valence-electron chi connectivity index (χ2n) is 3.30. The highest BCUT2D eigenvalue weighted by molar-refractivity contribution is 5.75. The zero-order chi connectivity index (χ0) is 11.3. The van der Waals surface area contributed by atoms with Crippen LogP contribution in [0, 0.1) is 6.92 Å². The molecule has 2 nitrogen and oxygen atoms in total. The van der Waals surface area contributed by atoms with E-state index in [0.29, 0.717) is 0 Å². The molecule has 15 heavy (non-hydrogen) atoms. The first kappa shape index (κ1) is 11.8. The average molecular weight is 204 g/mol. The molecule has 0 aliphatic heterocycles. The number of aromatic nitrogens is 2. The Labute approximate surface area is 91.9 Å². The largest absolute Gasteiger partial charge is 0.328 e. The third-order valence-electron chi connectivity index (χ3n) is 2.29. The van der Waals surface area contributed by atoms with Gasteiger partial charge < -0.3 is 4.57 Å². The lowest BCUT2D eigenvalue weighted by Crippen LogP contribution is -1.98. The van der Waals surface area contributed by atoms with E-state index in [-0.39, 0.29) is 0 Å². The van der Waals surface area contributed by atoms with E-state index in [1.54, 1.807) is 0 Å². The Kier molecular flexibility index (Phi) is 4.35. The van der Waals surface area contributed by atoms with Crippen molar-refractivity contribution in [1.82, 2.24) is 9.55 Å². The summed E-state index contributed by atoms with van der Waals surface area (Å²) in [5.41, 5.74) is 2.36. The van der Waals surface area contributed by atoms with Crippen molar-refractivity contribution in [3.63, 3.8) is 0 Å². The summed E-state index contributed by atoms with van der Waals surface area (Å²) in [5.74, 6) is 1.11. The molecule has 1 heterocycles. The van der Waals surface area contributed by atoms with Gasteiger partial charge in [0.2, 0.25) is 0 Å². The highest BCUT2D eigenvalue weighted by Gasteiger charge is 2.04. The number of rotatable bonds is 2. The van der Waals surface area contributed by atoms with Crippen LogP contribution in [0.15, 0.2) is 24.3 Å². The molecule has 2 aromatic rings. The molecule has 0 atom stereocenters. The van der Waals surface area contributed by atoms with Crippen LogP contribution in [0.25, 0.3) is 11.0 Å². The molecule has 2 rings (SSSR count). The molecule has 1 aromatic heterocycles. The standard InChI is InChI=1S/C11H14N2.C2H6/c1-3-8-13-9(2)12-10-6-4-5-7-11(10)13;1-2/h4-7H,3,8H2,1-2H3;1-2H3. The van der Waals surface area contributed by atoms with Crippen LogP contribution in [-0.2, 0) is 6.54 Å². The summed E-state index contributed by atoms with van der Waals surface area (Å²) in [7, 11) is 0. The summed E-state index contributed by atoms with van der Waals surface area (Å²) in [6, 6.07) is 8.29. The fourth-order valence-electron chi connectivity index (χ4n) is 1.70. The van der Waals surface area contributed by atoms with Gasteiger partial charge in [0.25, 0.3) is 0 Å². The van der Waals surface area contributed by atoms with Crippen LogP contribution in [0.3, 0.4) is 0 Å². The van der Waals surface area contributed by atoms with Crippen molar-refractivity contribution in [1.29, 1.82) is 0 Å². The van der Waals surface area contributed by atoms with E-state index < -0.39 is 0 Å². The monoisotopic (exact) mass is 204 g/mol. The van der Waals surface area contributed by atoms with Gasteiger partial charge in [0.1, 0.15) is 5.82 Å². The Balaban J connectivity index is 0.000000531. The van der Waals surface area contributed by atoms with Gasteiger partial charge in [-0.2, -0.15) is 0 Å². The van der Waals surface area contributed by atoms with Crippen LogP contribution in [0.2, 0.25) is 0 Å². The number of hydrogen-bond acceptors (Lipinski definition) is 1. The SMILES string of the molecule is CC.CCCn1c(C)nc2ccccc21. The molecule has 0 radical (unpaired) electrons. The average Bonchev–Trinajstić information content (AvgIpc) is 2.59. The predicted molar refractivity (Wildman–Crippen MR) is 66.1 cm³/mol. The van der Waals surface area contributed by atoms with Gasteiger partial charge in [-0.1, -0.05) is 32.9 Å². The van der Waals surface area contributed by atoms with E-state index in [4.69, 9.17) is 0 Å². The van der Waals surface area contributed by atoms with Crippen LogP contribution < -0.4 is 0 Å². The highest BCUT2D eigenvalue weighted by Crippen LogP contribution is 2.15. The first-order chi connectivity index (χ1) is 7.33. The lowest BCUT2D eigenvalue weighted by molar-refractivity contribution is 0.676. The summed E-state index contributed by atoms with van der Waals surface area (Å²) in [6.45, 7) is 9.32. The number of para-hydroxylation sites is 2. The topological polar surface area (TPSA) is 17.8 Å². The van der Waals surface area contributed by atoms with Crippen molar-refractivity contribution in [2.45, 2.75) is 40.7 Å². The maximum absolute atomic E-state index is 4.49. The van der Waals surface area contributed by atoms with Crippen LogP contribution in [0.5, 0.6) is 0 Å². The van der Waals surface area contributed by atoms with Gasteiger partial charge in [-0.15, -0.1) is 0 Å². The quantitative estimate of drug-likeness (QED) is 0.728. The fourth-order valence-corrected chi connectivity index (χ4v) is 1.70. The fraction of sp³-hybridized carbons (Fsp3) is 0.462. The van der Waals surface area contributed by atoms with Gasteiger partial charge in [0.05, 0.1) is 11.0 Å². The normalized spacial score (nSPS) is 9.87. The van der Waals surface area contributed by atoms with Crippen molar-refractivity contribution in [3.05, 3.63) is 30.1 Å². The minimum Gasteiger partial charge on any atom is -0.328 e. The summed E-state index contributed by atoms with van der Waals surface area (Å²) in [6.07, 6.45) is 1.15. The molecular weight excluding hydrogens is 184 g/mol. The zero-order valence-electron chi connectivity index (χ0n) is 10.1. The van der Waals surface area contributed by atoms with Crippen molar-refractivity contribution in [2.75, 3.05) is 0 Å². The van der Waals surface area contributed by atoms with Gasteiger partial charge in [-0.05, 0) is 25.5 Å². The van der Waals surface area contributed by atoms with Gasteiger partial charge in [0.15, 0.2) is 0 Å². The van der Waals surface area contributed by atoms with Crippen LogP contribution in [0.1, 0.15) is 33.0 Å². The molecule has 0 amide bonds. The number of fused-ring (bicyclic) bond motifs is 1. The van der Waals surface area contributed by atoms with Gasteiger partial charge in [0, 0.05) is 6.54 Å². The molecule has 0 spiro atoms. The van der Waals surface area contributed by atoms with Crippen molar-refractivity contribution in [3.8, 4) is 0 Å². The summed E-state index contributed by atoms with van der Waals surface area (Å²) >= 11 is 0. The number of imidazole rings is 1. The van der Waals surface area contributed by atoms with E-state index in [1.165, 1.54) is 5.52 Å². The molecule has 0 saturated heterocycles. The third-order valence-corrected chi connectivity index (χ3v) is 2.29. The second kappa shape index (κ2) is 5.54. The van der Waals surface area contributed by atoms with Crippen molar-refractivity contribution < 1.29 is 0 Å². The first-order valence-corrected chi connectivity index (χ1v) is 5.75. The van der Waals surface area contributed by atoms with Crippen molar-refractivity contribution >= 4 is 11.0 Å². The summed E-state index contributed by atoms with van der Waals surface area (Å²) in [4.78, 5) is 4.49. The molecule has 0 aliphatic carbocycles. The Hall–Kier alpha value is -1.31. The van der Waals surface area contributed by atoms with E-state index in [1.807, 2.05) is 19.9 Å². The maximum atomic E-state index is 4.49. The number of aryl methyl sites for hydroxylation is 2. The lowest BCUT2D eigenvalue weighted by atomic mass is 10.3. The van der Waals surface area contributed by atoms with E-state index in [9.17, 15) is 0 Å². The molecule has 2 heteroatoms. The van der Waals surface area contributed by atoms with Gasteiger partial charge in [-0.3, -0.25) is 0 Å². The molecule has 0 bridgehead atoms. The second-order valence-corrected chi connectivity index (χ2v) is 3.30. The van der Waals surface area contributed by atoms with E-state index >= 15 is 0 Å². The minimum absolute atomic E-state index is 1.06. The molecule has 0 aliphatic rings. The molecular formula is C13H20N2. The molecule has 1 aromatic carbocycles. The smallest absolute Gasteiger partial charge is 0.106 e. The lowest BCUT2D eigenvalue weighted by Gasteiger charge is -2.03. The molecule has 0 saturated carbocycles. The van der Waals surface area contributed by atoms with Crippen LogP contribution in [0.4, 0.5) is 0 Å². The minimum atomic E-state index is 1.06. The summed E-state index contributed by atoms with van der Waals surface area (Å²) in [5, 5.41) is 0. The highest BCUT2D eigenvalue weighted by atomic mass is 15.1. The Bertz CT molecular complexity index is 415. The Morgan fingerprint density at radius 2 is 1.87 bits per heavy atom. The van der Waals surface area contributed by atoms with Crippen LogP contribution in [-0.4, -0.2) is 9.55 Å². The Morgan fingerprint density at radius 1 is 1.20 bits per heavy atom. The molecule has 0 N–H and O–H groups in total. The number of hydrogen-bond donors (Lipinski definition) is 0. The first-order valence-electron chi connectivity index (χ1n) is 5.75. The predicted octanol–water partition coefficient (Wildman–Crippen LogP) is 3.78. The number of nitrogens with zero attached hydrogens (tertiary/aromatic N) is 2.